The highest BCUT2D eigenvalue weighted by molar-refractivity contribution is 5.90. The van der Waals surface area contributed by atoms with E-state index in [1.807, 2.05) is 14.0 Å². The Morgan fingerprint density at radius 1 is 1.52 bits per heavy atom. The maximum atomic E-state index is 11.9. The molecule has 1 aromatic rings. The first-order valence-corrected chi connectivity index (χ1v) is 7.69. The minimum Gasteiger partial charge on any atom is -0.462 e. The van der Waals surface area contributed by atoms with Crippen molar-refractivity contribution < 1.29 is 9.53 Å². The highest BCUT2D eigenvalue weighted by Gasteiger charge is 2.19. The predicted molar refractivity (Wildman–Crippen MR) is 81.1 cm³/mol. The molecule has 0 aromatic carbocycles. The quantitative estimate of drug-likeness (QED) is 0.794. The van der Waals surface area contributed by atoms with Gasteiger partial charge >= 0.3 is 5.97 Å². The molecule has 1 aliphatic rings. The summed E-state index contributed by atoms with van der Waals surface area (Å²) >= 11 is 0. The van der Waals surface area contributed by atoms with E-state index in [4.69, 9.17) is 4.74 Å². The van der Waals surface area contributed by atoms with Crippen molar-refractivity contribution in [3.05, 3.63) is 17.5 Å². The fourth-order valence-electron chi connectivity index (χ4n) is 2.89. The Balaban J connectivity index is 1.88. The van der Waals surface area contributed by atoms with Crippen LogP contribution >= 0.6 is 0 Å². The van der Waals surface area contributed by atoms with Crippen LogP contribution in [0, 0.1) is 5.92 Å². The van der Waals surface area contributed by atoms with Crippen LogP contribution in [0.3, 0.4) is 0 Å². The summed E-state index contributed by atoms with van der Waals surface area (Å²) in [6.45, 7) is 6.15. The summed E-state index contributed by atoms with van der Waals surface area (Å²) in [5.41, 5.74) is 1.45. The Hall–Kier alpha value is -1.40. The molecule has 21 heavy (non-hydrogen) atoms. The van der Waals surface area contributed by atoms with Gasteiger partial charge in [-0.05, 0) is 45.8 Å². The van der Waals surface area contributed by atoms with Crippen LogP contribution in [0.1, 0.15) is 35.8 Å². The number of carbonyl (C=O) groups is 1. The molecule has 2 rings (SSSR count). The van der Waals surface area contributed by atoms with Gasteiger partial charge in [0.25, 0.3) is 0 Å². The summed E-state index contributed by atoms with van der Waals surface area (Å²) in [6.07, 6.45) is 4.12. The molecule has 6 heteroatoms. The summed E-state index contributed by atoms with van der Waals surface area (Å²) in [7, 11) is 4.03. The van der Waals surface area contributed by atoms with E-state index in [-0.39, 0.29) is 5.97 Å². The predicted octanol–water partition coefficient (Wildman–Crippen LogP) is 1.03. The van der Waals surface area contributed by atoms with Gasteiger partial charge in [-0.1, -0.05) is 0 Å². The normalized spacial score (nSPS) is 19.7. The lowest BCUT2D eigenvalue weighted by molar-refractivity contribution is 0.0524. The number of hydrogen-bond donors (Lipinski definition) is 1. The number of esters is 1. The SMILES string of the molecule is CCOC(=O)c1cnn(C)c1CNCC1CCCN(C)C1. The highest BCUT2D eigenvalue weighted by atomic mass is 16.5. The number of aromatic nitrogens is 2. The Labute approximate surface area is 126 Å². The first kappa shape index (κ1) is 16.0. The molecule has 1 atom stereocenters. The Bertz CT molecular complexity index is 472. The third-order valence-corrected chi connectivity index (χ3v) is 4.00. The molecule has 0 aliphatic carbocycles. The van der Waals surface area contributed by atoms with Gasteiger partial charge in [-0.15, -0.1) is 0 Å². The average molecular weight is 294 g/mol. The van der Waals surface area contributed by atoms with Crippen LogP contribution in [-0.4, -0.2) is 53.9 Å². The highest BCUT2D eigenvalue weighted by Crippen LogP contribution is 2.15. The Morgan fingerprint density at radius 3 is 3.05 bits per heavy atom. The molecule has 0 spiro atoms. The van der Waals surface area contributed by atoms with Crippen LogP contribution in [0.25, 0.3) is 0 Å². The van der Waals surface area contributed by atoms with E-state index in [9.17, 15) is 4.79 Å². The fourth-order valence-corrected chi connectivity index (χ4v) is 2.89. The zero-order chi connectivity index (χ0) is 15.2. The van der Waals surface area contributed by atoms with Gasteiger partial charge in [0.1, 0.15) is 5.56 Å². The third kappa shape index (κ3) is 4.28. The molecule has 1 unspecified atom stereocenters. The second-order valence-electron chi connectivity index (χ2n) is 5.75. The topological polar surface area (TPSA) is 59.4 Å². The molecular formula is C15H26N4O2. The molecule has 6 nitrogen and oxygen atoms in total. The van der Waals surface area contributed by atoms with Gasteiger partial charge in [-0.2, -0.15) is 5.10 Å². The lowest BCUT2D eigenvalue weighted by atomic mass is 9.98. The number of nitrogens with one attached hydrogen (secondary N) is 1. The summed E-state index contributed by atoms with van der Waals surface area (Å²) in [5.74, 6) is 0.392. The van der Waals surface area contributed by atoms with Crippen LogP contribution < -0.4 is 5.32 Å². The largest absolute Gasteiger partial charge is 0.462 e. The van der Waals surface area contributed by atoms with E-state index >= 15 is 0 Å². The first-order chi connectivity index (χ1) is 10.1. The molecule has 0 saturated carbocycles. The first-order valence-electron chi connectivity index (χ1n) is 7.69. The van der Waals surface area contributed by atoms with E-state index in [2.05, 4.69) is 22.4 Å². The molecule has 2 heterocycles. The Kier molecular flexibility index (Phi) is 5.76. The number of ether oxygens (including phenoxy) is 1. The van der Waals surface area contributed by atoms with E-state index in [1.165, 1.54) is 19.4 Å². The second-order valence-corrected chi connectivity index (χ2v) is 5.75. The van der Waals surface area contributed by atoms with Crippen molar-refractivity contribution in [3.63, 3.8) is 0 Å². The van der Waals surface area contributed by atoms with Gasteiger partial charge in [0.15, 0.2) is 0 Å². The van der Waals surface area contributed by atoms with Crippen LogP contribution in [0.2, 0.25) is 0 Å². The zero-order valence-corrected chi connectivity index (χ0v) is 13.3. The summed E-state index contributed by atoms with van der Waals surface area (Å²) < 4.78 is 6.81. The molecule has 1 aromatic heterocycles. The van der Waals surface area contributed by atoms with Gasteiger partial charge in [0, 0.05) is 20.1 Å². The molecule has 0 bridgehead atoms. The van der Waals surface area contributed by atoms with E-state index < -0.39 is 0 Å². The third-order valence-electron chi connectivity index (χ3n) is 4.00. The molecule has 1 fully saturated rings. The average Bonchev–Trinajstić information content (AvgIpc) is 2.81. The monoisotopic (exact) mass is 294 g/mol. The van der Waals surface area contributed by atoms with Crippen molar-refractivity contribution in [2.24, 2.45) is 13.0 Å². The summed E-state index contributed by atoms with van der Waals surface area (Å²) in [6, 6.07) is 0. The number of aryl methyl sites for hydroxylation is 1. The van der Waals surface area contributed by atoms with Crippen molar-refractivity contribution in [3.8, 4) is 0 Å². The van der Waals surface area contributed by atoms with E-state index in [0.29, 0.717) is 24.6 Å². The lowest BCUT2D eigenvalue weighted by Gasteiger charge is -2.29. The number of rotatable bonds is 6. The zero-order valence-electron chi connectivity index (χ0n) is 13.3. The van der Waals surface area contributed by atoms with Crippen molar-refractivity contribution >= 4 is 5.97 Å². The summed E-state index contributed by atoms with van der Waals surface area (Å²) in [4.78, 5) is 14.3. The number of carbonyl (C=O) groups excluding carboxylic acids is 1. The smallest absolute Gasteiger partial charge is 0.341 e. The molecule has 0 amide bonds. The maximum absolute atomic E-state index is 11.9. The van der Waals surface area contributed by atoms with E-state index in [0.717, 1.165) is 18.8 Å². The van der Waals surface area contributed by atoms with Crippen molar-refractivity contribution in [1.82, 2.24) is 20.0 Å². The minimum atomic E-state index is -0.292. The number of likely N-dealkylation sites (tertiary alicyclic amines) is 1. The van der Waals surface area contributed by atoms with Gasteiger partial charge in [-0.3, -0.25) is 4.68 Å². The van der Waals surface area contributed by atoms with Crippen molar-refractivity contribution in [1.29, 1.82) is 0 Å². The van der Waals surface area contributed by atoms with Gasteiger partial charge in [-0.25, -0.2) is 4.79 Å². The second kappa shape index (κ2) is 7.56. The van der Waals surface area contributed by atoms with Crippen LogP contribution in [0.15, 0.2) is 6.20 Å². The molecule has 1 N–H and O–H groups in total. The minimum absolute atomic E-state index is 0.292. The molecule has 0 radical (unpaired) electrons. The number of piperidine rings is 1. The standard InChI is InChI=1S/C15H26N4O2/c1-4-21-15(20)13-9-17-19(3)14(13)10-16-8-12-6-5-7-18(2)11-12/h9,12,16H,4-8,10-11H2,1-3H3. The van der Waals surface area contributed by atoms with Crippen LogP contribution in [0.5, 0.6) is 0 Å². The lowest BCUT2D eigenvalue weighted by Crippen LogP contribution is -2.37. The Morgan fingerprint density at radius 2 is 2.33 bits per heavy atom. The fraction of sp³-hybridized carbons (Fsp3) is 0.733. The molecule has 1 aliphatic heterocycles. The molecular weight excluding hydrogens is 268 g/mol. The summed E-state index contributed by atoms with van der Waals surface area (Å²) in [5, 5.41) is 7.63. The van der Waals surface area contributed by atoms with E-state index in [1.54, 1.807) is 10.9 Å². The van der Waals surface area contributed by atoms with Gasteiger partial charge < -0.3 is 15.0 Å². The molecule has 1 saturated heterocycles. The maximum Gasteiger partial charge on any atom is 0.341 e. The molecule has 118 valence electrons. The van der Waals surface area contributed by atoms with Crippen LogP contribution in [-0.2, 0) is 18.3 Å². The van der Waals surface area contributed by atoms with Gasteiger partial charge in [0.2, 0.25) is 0 Å². The van der Waals surface area contributed by atoms with Crippen LogP contribution in [0.4, 0.5) is 0 Å². The van der Waals surface area contributed by atoms with Gasteiger partial charge in [0.05, 0.1) is 18.5 Å². The van der Waals surface area contributed by atoms with Crippen molar-refractivity contribution in [2.45, 2.75) is 26.3 Å². The van der Waals surface area contributed by atoms with Crippen molar-refractivity contribution in [2.75, 3.05) is 33.3 Å². The number of nitrogens with zero attached hydrogens (tertiary/aromatic N) is 3. The number of hydrogen-bond acceptors (Lipinski definition) is 5.